The summed E-state index contributed by atoms with van der Waals surface area (Å²) in [4.78, 5) is 38.6. The van der Waals surface area contributed by atoms with E-state index < -0.39 is 0 Å². The SMILES string of the molecule is O=C([C@@H]1CC=CCC1)N1CCC[C@@H]1c1nc2c(c(=O)[nH]1)CCN(CC1CCCCC1)C2. The summed E-state index contributed by atoms with van der Waals surface area (Å²) in [6.45, 7) is 3.64. The van der Waals surface area contributed by atoms with E-state index in [0.717, 1.165) is 81.9 Å². The monoisotopic (exact) mass is 424 g/mol. The quantitative estimate of drug-likeness (QED) is 0.748. The number of fused-ring (bicyclic) bond motifs is 1. The summed E-state index contributed by atoms with van der Waals surface area (Å²) in [5.74, 6) is 1.83. The number of amides is 1. The fourth-order valence-corrected chi connectivity index (χ4v) is 6.13. The van der Waals surface area contributed by atoms with Crippen LogP contribution in [0.1, 0.15) is 87.3 Å². The zero-order valence-electron chi connectivity index (χ0n) is 18.7. The van der Waals surface area contributed by atoms with Crippen molar-refractivity contribution in [2.24, 2.45) is 11.8 Å². The molecule has 6 heteroatoms. The fourth-order valence-electron chi connectivity index (χ4n) is 6.13. The number of rotatable bonds is 4. The molecule has 0 bridgehead atoms. The van der Waals surface area contributed by atoms with Gasteiger partial charge >= 0.3 is 0 Å². The van der Waals surface area contributed by atoms with Crippen molar-refractivity contribution in [1.82, 2.24) is 19.8 Å². The zero-order valence-corrected chi connectivity index (χ0v) is 18.7. The highest BCUT2D eigenvalue weighted by atomic mass is 16.2. The molecule has 4 aliphatic rings. The molecule has 1 N–H and O–H groups in total. The van der Waals surface area contributed by atoms with E-state index >= 15 is 0 Å². The van der Waals surface area contributed by atoms with Crippen molar-refractivity contribution in [2.45, 2.75) is 83.2 Å². The van der Waals surface area contributed by atoms with Gasteiger partial charge in [-0.15, -0.1) is 0 Å². The van der Waals surface area contributed by atoms with Crippen LogP contribution in [0, 0.1) is 11.8 Å². The molecule has 168 valence electrons. The first-order valence-electron chi connectivity index (χ1n) is 12.5. The summed E-state index contributed by atoms with van der Waals surface area (Å²) < 4.78 is 0. The van der Waals surface area contributed by atoms with Crippen molar-refractivity contribution in [2.75, 3.05) is 19.6 Å². The predicted octanol–water partition coefficient (Wildman–Crippen LogP) is 3.73. The Balaban J connectivity index is 1.32. The smallest absolute Gasteiger partial charge is 0.254 e. The summed E-state index contributed by atoms with van der Waals surface area (Å²) in [7, 11) is 0. The molecule has 1 amide bonds. The molecule has 1 aromatic heterocycles. The number of aromatic amines is 1. The first kappa shape index (κ1) is 20.9. The minimum Gasteiger partial charge on any atom is -0.332 e. The van der Waals surface area contributed by atoms with Gasteiger partial charge in [0.05, 0.1) is 11.7 Å². The van der Waals surface area contributed by atoms with E-state index in [-0.39, 0.29) is 23.4 Å². The fraction of sp³-hybridized carbons (Fsp3) is 0.720. The van der Waals surface area contributed by atoms with E-state index in [4.69, 9.17) is 4.98 Å². The van der Waals surface area contributed by atoms with E-state index in [1.165, 1.54) is 32.1 Å². The van der Waals surface area contributed by atoms with E-state index in [2.05, 4.69) is 22.0 Å². The van der Waals surface area contributed by atoms with Gasteiger partial charge in [0.2, 0.25) is 5.91 Å². The Bertz CT molecular complexity index is 886. The number of nitrogens with zero attached hydrogens (tertiary/aromatic N) is 3. The van der Waals surface area contributed by atoms with Crippen LogP contribution in [0.3, 0.4) is 0 Å². The number of aromatic nitrogens is 2. The largest absolute Gasteiger partial charge is 0.332 e. The Morgan fingerprint density at radius 3 is 2.74 bits per heavy atom. The van der Waals surface area contributed by atoms with Crippen molar-refractivity contribution in [1.29, 1.82) is 0 Å². The summed E-state index contributed by atoms with van der Waals surface area (Å²) in [6.07, 6.45) is 16.5. The van der Waals surface area contributed by atoms with Crippen molar-refractivity contribution in [3.05, 3.63) is 39.6 Å². The highest BCUT2D eigenvalue weighted by Crippen LogP contribution is 2.34. The maximum absolute atomic E-state index is 13.2. The van der Waals surface area contributed by atoms with Crippen LogP contribution in [-0.2, 0) is 17.8 Å². The van der Waals surface area contributed by atoms with Gasteiger partial charge in [-0.3, -0.25) is 14.5 Å². The van der Waals surface area contributed by atoms with E-state index in [1.54, 1.807) is 0 Å². The van der Waals surface area contributed by atoms with Gasteiger partial charge in [0.15, 0.2) is 0 Å². The lowest BCUT2D eigenvalue weighted by molar-refractivity contribution is -0.136. The molecule has 0 radical (unpaired) electrons. The molecule has 0 spiro atoms. The normalized spacial score (nSPS) is 27.4. The molecule has 5 rings (SSSR count). The first-order chi connectivity index (χ1) is 15.2. The van der Waals surface area contributed by atoms with Crippen molar-refractivity contribution in [3.63, 3.8) is 0 Å². The van der Waals surface area contributed by atoms with Gasteiger partial charge in [-0.05, 0) is 57.3 Å². The van der Waals surface area contributed by atoms with E-state index in [1.807, 2.05) is 4.90 Å². The molecule has 1 aromatic rings. The molecule has 1 saturated carbocycles. The third-order valence-corrected chi connectivity index (χ3v) is 7.88. The molecule has 0 unspecified atom stereocenters. The lowest BCUT2D eigenvalue weighted by Crippen LogP contribution is -2.40. The minimum atomic E-state index is -0.0786. The maximum Gasteiger partial charge on any atom is 0.254 e. The van der Waals surface area contributed by atoms with Crippen LogP contribution in [0.15, 0.2) is 16.9 Å². The molecule has 6 nitrogen and oxygen atoms in total. The molecule has 1 saturated heterocycles. The van der Waals surface area contributed by atoms with Gasteiger partial charge in [-0.2, -0.15) is 0 Å². The Morgan fingerprint density at radius 2 is 1.94 bits per heavy atom. The first-order valence-corrected chi connectivity index (χ1v) is 12.5. The second kappa shape index (κ2) is 9.27. The van der Waals surface area contributed by atoms with E-state index in [0.29, 0.717) is 5.82 Å². The zero-order chi connectivity index (χ0) is 21.2. The standard InChI is InChI=1S/C25H36N4O2/c30-24-20-13-15-28(16-18-8-3-1-4-9-18)17-21(20)26-23(27-24)22-12-7-14-29(22)25(31)19-10-5-2-6-11-19/h2,5,18-19,22H,1,3-4,6-17H2,(H,26,27,30)/t19-,22-/m1/s1. The molecular formula is C25H36N4O2. The molecule has 3 heterocycles. The average Bonchev–Trinajstić information content (AvgIpc) is 3.29. The van der Waals surface area contributed by atoms with Crippen molar-refractivity contribution >= 4 is 5.91 Å². The van der Waals surface area contributed by atoms with Crippen LogP contribution in [0.4, 0.5) is 0 Å². The Kier molecular flexibility index (Phi) is 6.26. The molecule has 2 aliphatic carbocycles. The Labute approximate surface area is 185 Å². The number of carbonyl (C=O) groups excluding carboxylic acids is 1. The third kappa shape index (κ3) is 4.50. The summed E-state index contributed by atoms with van der Waals surface area (Å²) in [5.41, 5.74) is 1.81. The van der Waals surface area contributed by atoms with Crippen LogP contribution in [-0.4, -0.2) is 45.3 Å². The minimum absolute atomic E-state index is 0.0113. The maximum atomic E-state index is 13.2. The lowest BCUT2D eigenvalue weighted by atomic mass is 9.88. The lowest BCUT2D eigenvalue weighted by Gasteiger charge is -2.33. The number of hydrogen-bond acceptors (Lipinski definition) is 4. The molecule has 0 aromatic carbocycles. The topological polar surface area (TPSA) is 69.3 Å². The molecule has 2 atom stereocenters. The molecule has 2 aliphatic heterocycles. The predicted molar refractivity (Wildman–Crippen MR) is 121 cm³/mol. The van der Waals surface area contributed by atoms with Crippen molar-refractivity contribution < 1.29 is 4.79 Å². The number of likely N-dealkylation sites (tertiary alicyclic amines) is 1. The van der Waals surface area contributed by atoms with Crippen LogP contribution < -0.4 is 5.56 Å². The van der Waals surface area contributed by atoms with Crippen LogP contribution in [0.2, 0.25) is 0 Å². The molecule has 31 heavy (non-hydrogen) atoms. The van der Waals surface area contributed by atoms with Crippen molar-refractivity contribution in [3.8, 4) is 0 Å². The van der Waals surface area contributed by atoms with Gasteiger partial charge in [0, 0.05) is 37.7 Å². The van der Waals surface area contributed by atoms with Gasteiger partial charge in [0.25, 0.3) is 5.56 Å². The molecular weight excluding hydrogens is 388 g/mol. The Morgan fingerprint density at radius 1 is 1.06 bits per heavy atom. The second-order valence-electron chi connectivity index (χ2n) is 10.0. The average molecular weight is 425 g/mol. The number of H-pyrrole nitrogens is 1. The molecule has 2 fully saturated rings. The Hall–Kier alpha value is -1.95. The second-order valence-corrected chi connectivity index (χ2v) is 10.0. The van der Waals surface area contributed by atoms with Gasteiger partial charge in [-0.1, -0.05) is 31.4 Å². The van der Waals surface area contributed by atoms with Gasteiger partial charge in [0.1, 0.15) is 5.82 Å². The highest BCUT2D eigenvalue weighted by Gasteiger charge is 2.36. The van der Waals surface area contributed by atoms with Gasteiger partial charge < -0.3 is 9.88 Å². The van der Waals surface area contributed by atoms with E-state index in [9.17, 15) is 9.59 Å². The third-order valence-electron chi connectivity index (χ3n) is 7.88. The summed E-state index contributed by atoms with van der Waals surface area (Å²) in [6, 6.07) is -0.0786. The highest BCUT2D eigenvalue weighted by molar-refractivity contribution is 5.80. The number of nitrogens with one attached hydrogen (secondary N) is 1. The van der Waals surface area contributed by atoms with Crippen LogP contribution in [0.5, 0.6) is 0 Å². The van der Waals surface area contributed by atoms with Crippen LogP contribution in [0.25, 0.3) is 0 Å². The number of allylic oxidation sites excluding steroid dienone is 2. The summed E-state index contributed by atoms with van der Waals surface area (Å²) in [5, 5.41) is 0. The number of carbonyl (C=O) groups is 1. The van der Waals surface area contributed by atoms with Gasteiger partial charge in [-0.25, -0.2) is 4.98 Å². The summed E-state index contributed by atoms with van der Waals surface area (Å²) >= 11 is 0. The van der Waals surface area contributed by atoms with Crippen LogP contribution >= 0.6 is 0 Å². The number of hydrogen-bond donors (Lipinski definition) is 1.